The average molecular weight is 392 g/mol. The first-order valence-corrected chi connectivity index (χ1v) is 10.5. The van der Waals surface area contributed by atoms with Gasteiger partial charge in [0.2, 0.25) is 17.7 Å². The molecule has 0 bridgehead atoms. The van der Waals surface area contributed by atoms with Crippen LogP contribution < -0.4 is 10.6 Å². The van der Waals surface area contributed by atoms with Crippen molar-refractivity contribution in [2.24, 2.45) is 5.92 Å². The van der Waals surface area contributed by atoms with Crippen LogP contribution in [0.2, 0.25) is 0 Å². The summed E-state index contributed by atoms with van der Waals surface area (Å²) in [4.78, 5) is 37.9. The highest BCUT2D eigenvalue weighted by Gasteiger charge is 2.25. The fourth-order valence-corrected chi connectivity index (χ4v) is 3.66. The Kier molecular flexibility index (Phi) is 8.16. The number of thioether (sulfide) groups is 1. The van der Waals surface area contributed by atoms with E-state index in [0.717, 1.165) is 24.1 Å². The molecule has 1 heterocycles. The molecule has 2 N–H and O–H groups in total. The largest absolute Gasteiger partial charge is 0.353 e. The van der Waals surface area contributed by atoms with Crippen LogP contribution in [-0.2, 0) is 14.4 Å². The molecule has 0 aromatic heterocycles. The molecule has 1 saturated heterocycles. The number of nitrogens with one attached hydrogen (secondary N) is 2. The summed E-state index contributed by atoms with van der Waals surface area (Å²) < 4.78 is 0. The summed E-state index contributed by atoms with van der Waals surface area (Å²) in [6.07, 6.45) is 1.56. The molecular formula is C20H29N3O3S. The van der Waals surface area contributed by atoms with Gasteiger partial charge in [-0.2, -0.15) is 0 Å². The van der Waals surface area contributed by atoms with Crippen molar-refractivity contribution in [2.75, 3.05) is 29.9 Å². The van der Waals surface area contributed by atoms with Gasteiger partial charge in [-0.25, -0.2) is 0 Å². The van der Waals surface area contributed by atoms with Crippen molar-refractivity contribution in [3.8, 4) is 0 Å². The Morgan fingerprint density at radius 1 is 1.15 bits per heavy atom. The van der Waals surface area contributed by atoms with Gasteiger partial charge in [-0.05, 0) is 37.5 Å². The average Bonchev–Trinajstić information content (AvgIpc) is 2.61. The van der Waals surface area contributed by atoms with E-state index in [1.54, 1.807) is 0 Å². The van der Waals surface area contributed by atoms with Gasteiger partial charge in [-0.15, -0.1) is 11.8 Å². The van der Waals surface area contributed by atoms with Crippen molar-refractivity contribution in [1.29, 1.82) is 0 Å². The molecular weight excluding hydrogens is 362 g/mol. The lowest BCUT2D eigenvalue weighted by molar-refractivity contribution is -0.135. The number of likely N-dealkylation sites (tertiary alicyclic amines) is 1. The number of amides is 3. The highest BCUT2D eigenvalue weighted by Crippen LogP contribution is 2.14. The van der Waals surface area contributed by atoms with E-state index in [-0.39, 0.29) is 41.2 Å². The zero-order chi connectivity index (χ0) is 19.8. The molecule has 0 radical (unpaired) electrons. The number of anilines is 1. The predicted molar refractivity (Wildman–Crippen MR) is 110 cm³/mol. The van der Waals surface area contributed by atoms with Crippen LogP contribution in [0.25, 0.3) is 0 Å². The van der Waals surface area contributed by atoms with Gasteiger partial charge in [-0.1, -0.05) is 26.0 Å². The summed E-state index contributed by atoms with van der Waals surface area (Å²) in [6.45, 7) is 7.16. The van der Waals surface area contributed by atoms with E-state index in [1.165, 1.54) is 11.8 Å². The summed E-state index contributed by atoms with van der Waals surface area (Å²) in [5, 5.41) is 5.84. The first-order valence-electron chi connectivity index (χ1n) is 9.37. The van der Waals surface area contributed by atoms with Crippen LogP contribution >= 0.6 is 11.8 Å². The molecule has 6 nitrogen and oxygen atoms in total. The highest BCUT2D eigenvalue weighted by molar-refractivity contribution is 8.00. The van der Waals surface area contributed by atoms with E-state index in [0.29, 0.717) is 13.1 Å². The minimum absolute atomic E-state index is 0.0125. The van der Waals surface area contributed by atoms with Crippen LogP contribution in [0.3, 0.4) is 0 Å². The summed E-state index contributed by atoms with van der Waals surface area (Å²) in [5.74, 6) is 0.513. The smallest absolute Gasteiger partial charge is 0.234 e. The first kappa shape index (κ1) is 21.3. The second-order valence-corrected chi connectivity index (χ2v) is 8.22. The van der Waals surface area contributed by atoms with Gasteiger partial charge in [-0.3, -0.25) is 14.4 Å². The van der Waals surface area contributed by atoms with Crippen LogP contribution in [0.15, 0.2) is 24.3 Å². The maximum absolute atomic E-state index is 12.1. The Balaban J connectivity index is 1.62. The predicted octanol–water partition coefficient (Wildman–Crippen LogP) is 2.43. The van der Waals surface area contributed by atoms with Gasteiger partial charge in [0.25, 0.3) is 0 Å². The molecule has 0 atom stereocenters. The lowest BCUT2D eigenvalue weighted by Gasteiger charge is -2.33. The minimum atomic E-state index is -0.112. The number of rotatable bonds is 7. The maximum Gasteiger partial charge on any atom is 0.234 e. The second-order valence-electron chi connectivity index (χ2n) is 7.23. The van der Waals surface area contributed by atoms with Crippen molar-refractivity contribution in [3.63, 3.8) is 0 Å². The quantitative estimate of drug-likeness (QED) is 0.748. The van der Waals surface area contributed by atoms with Gasteiger partial charge in [0.15, 0.2) is 0 Å². The van der Waals surface area contributed by atoms with Crippen molar-refractivity contribution < 1.29 is 14.4 Å². The molecule has 1 aliphatic rings. The van der Waals surface area contributed by atoms with Gasteiger partial charge < -0.3 is 15.5 Å². The molecule has 0 saturated carbocycles. The molecule has 148 valence electrons. The third-order valence-corrected chi connectivity index (χ3v) is 5.37. The third-order valence-electron chi connectivity index (χ3n) is 4.43. The van der Waals surface area contributed by atoms with Gasteiger partial charge >= 0.3 is 0 Å². The summed E-state index contributed by atoms with van der Waals surface area (Å²) in [6, 6.07) is 7.73. The van der Waals surface area contributed by atoms with E-state index < -0.39 is 0 Å². The van der Waals surface area contributed by atoms with Gasteiger partial charge in [0, 0.05) is 30.7 Å². The molecule has 1 aromatic rings. The summed E-state index contributed by atoms with van der Waals surface area (Å²) in [5.41, 5.74) is 1.86. The molecule has 1 aromatic carbocycles. The molecule has 0 spiro atoms. The Bertz CT molecular complexity index is 670. The molecule has 0 aliphatic carbocycles. The SMILES string of the molecule is Cc1cccc(NC(=O)CSCC(=O)NC2CCN(C(=O)C(C)C)CC2)c1. The Morgan fingerprint density at radius 3 is 2.44 bits per heavy atom. The number of benzene rings is 1. The van der Waals surface area contributed by atoms with Crippen LogP contribution in [0, 0.1) is 12.8 Å². The number of nitrogens with zero attached hydrogens (tertiary/aromatic N) is 1. The van der Waals surface area contributed by atoms with E-state index in [1.807, 2.05) is 49.9 Å². The summed E-state index contributed by atoms with van der Waals surface area (Å²) in [7, 11) is 0. The summed E-state index contributed by atoms with van der Waals surface area (Å²) >= 11 is 1.30. The standard InChI is InChI=1S/C20H29N3O3S/c1-14(2)20(26)23-9-7-16(8-10-23)21-18(24)12-27-13-19(25)22-17-6-4-5-15(3)11-17/h4-6,11,14,16H,7-10,12-13H2,1-3H3,(H,21,24)(H,22,25). The zero-order valence-corrected chi connectivity index (χ0v) is 17.1. The number of carbonyl (C=O) groups is 3. The van der Waals surface area contributed by atoms with E-state index in [4.69, 9.17) is 0 Å². The highest BCUT2D eigenvalue weighted by atomic mass is 32.2. The van der Waals surface area contributed by atoms with Crippen LogP contribution in [0.1, 0.15) is 32.3 Å². The second kappa shape index (κ2) is 10.3. The van der Waals surface area contributed by atoms with E-state index in [9.17, 15) is 14.4 Å². The van der Waals surface area contributed by atoms with Gasteiger partial charge in [0.1, 0.15) is 0 Å². The molecule has 1 aliphatic heterocycles. The fourth-order valence-electron chi connectivity index (χ4n) is 3.04. The number of hydrogen-bond donors (Lipinski definition) is 2. The van der Waals surface area contributed by atoms with Crippen LogP contribution in [0.4, 0.5) is 5.69 Å². The third kappa shape index (κ3) is 7.25. The Hall–Kier alpha value is -2.02. The number of hydrogen-bond acceptors (Lipinski definition) is 4. The molecule has 3 amide bonds. The zero-order valence-electron chi connectivity index (χ0n) is 16.3. The Morgan fingerprint density at radius 2 is 1.81 bits per heavy atom. The minimum Gasteiger partial charge on any atom is -0.353 e. The first-order chi connectivity index (χ1) is 12.8. The molecule has 2 rings (SSSR count). The number of aryl methyl sites for hydroxylation is 1. The van der Waals surface area contributed by atoms with Crippen molar-refractivity contribution in [2.45, 2.75) is 39.7 Å². The molecule has 0 unspecified atom stereocenters. The Labute approximate surface area is 165 Å². The molecule has 27 heavy (non-hydrogen) atoms. The number of carbonyl (C=O) groups excluding carboxylic acids is 3. The normalized spacial score (nSPS) is 14.9. The van der Waals surface area contributed by atoms with Gasteiger partial charge in [0.05, 0.1) is 11.5 Å². The fraction of sp³-hybridized carbons (Fsp3) is 0.550. The van der Waals surface area contributed by atoms with Crippen LogP contribution in [-0.4, -0.2) is 53.3 Å². The van der Waals surface area contributed by atoms with Crippen molar-refractivity contribution >= 4 is 35.2 Å². The monoisotopic (exact) mass is 391 g/mol. The van der Waals surface area contributed by atoms with E-state index >= 15 is 0 Å². The molecule has 7 heteroatoms. The molecule has 1 fully saturated rings. The number of piperidine rings is 1. The lowest BCUT2D eigenvalue weighted by Crippen LogP contribution is -2.47. The van der Waals surface area contributed by atoms with Crippen LogP contribution in [0.5, 0.6) is 0 Å². The van der Waals surface area contributed by atoms with Crippen molar-refractivity contribution in [3.05, 3.63) is 29.8 Å². The topological polar surface area (TPSA) is 78.5 Å². The van der Waals surface area contributed by atoms with E-state index in [2.05, 4.69) is 10.6 Å². The maximum atomic E-state index is 12.1. The lowest BCUT2D eigenvalue weighted by atomic mass is 10.0. The van der Waals surface area contributed by atoms with Crippen molar-refractivity contribution in [1.82, 2.24) is 10.2 Å².